The Labute approximate surface area is 82.5 Å². The second-order valence-corrected chi connectivity index (χ2v) is 5.77. The molecular weight excluding hydrogens is 186 g/mol. The lowest BCUT2D eigenvalue weighted by atomic mass is 10.2. The lowest BCUT2D eigenvalue weighted by Crippen LogP contribution is -2.39. The van der Waals surface area contributed by atoms with Gasteiger partial charge in [0.15, 0.2) is 0 Å². The van der Waals surface area contributed by atoms with Crippen molar-refractivity contribution in [1.29, 1.82) is 0 Å². The molecule has 0 bridgehead atoms. The van der Waals surface area contributed by atoms with Crippen molar-refractivity contribution in [3.05, 3.63) is 0 Å². The molecule has 0 aliphatic carbocycles. The van der Waals surface area contributed by atoms with Crippen molar-refractivity contribution in [3.8, 4) is 0 Å². The van der Waals surface area contributed by atoms with Crippen molar-refractivity contribution in [3.63, 3.8) is 0 Å². The van der Waals surface area contributed by atoms with Gasteiger partial charge in [-0.15, -0.1) is 0 Å². The van der Waals surface area contributed by atoms with Gasteiger partial charge in [-0.05, 0) is 26.7 Å². The maximum Gasteiger partial charge on any atom is 0.0477 e. The van der Waals surface area contributed by atoms with Gasteiger partial charge < -0.3 is 10.5 Å². The van der Waals surface area contributed by atoms with Gasteiger partial charge in [-0.1, -0.05) is 0 Å². The van der Waals surface area contributed by atoms with Crippen LogP contribution in [0.15, 0.2) is 0 Å². The molecule has 3 atom stereocenters. The van der Waals surface area contributed by atoms with Gasteiger partial charge in [0.2, 0.25) is 0 Å². The quantitative estimate of drug-likeness (QED) is 0.736. The Morgan fingerprint density at radius 3 is 2.38 bits per heavy atom. The second-order valence-electron chi connectivity index (χ2n) is 3.70. The van der Waals surface area contributed by atoms with Gasteiger partial charge in [-0.25, -0.2) is 0 Å². The highest BCUT2D eigenvalue weighted by molar-refractivity contribution is 7.86. The molecule has 3 unspecified atom stereocenters. The van der Waals surface area contributed by atoms with E-state index in [0.29, 0.717) is 5.25 Å². The molecule has 0 radical (unpaired) electrons. The Hall–Kier alpha value is 0.0700. The van der Waals surface area contributed by atoms with Crippen LogP contribution in [0.3, 0.4) is 0 Å². The summed E-state index contributed by atoms with van der Waals surface area (Å²) in [5.41, 5.74) is 5.72. The van der Waals surface area contributed by atoms with E-state index in [9.17, 15) is 4.21 Å². The van der Waals surface area contributed by atoms with E-state index in [2.05, 4.69) is 0 Å². The summed E-state index contributed by atoms with van der Waals surface area (Å²) < 4.78 is 17.1. The van der Waals surface area contributed by atoms with Crippen molar-refractivity contribution in [2.24, 2.45) is 5.73 Å². The molecule has 0 spiro atoms. The van der Waals surface area contributed by atoms with E-state index in [1.165, 1.54) is 0 Å². The highest BCUT2D eigenvalue weighted by Gasteiger charge is 2.26. The molecule has 1 fully saturated rings. The summed E-state index contributed by atoms with van der Waals surface area (Å²) in [4.78, 5) is 0. The summed E-state index contributed by atoms with van der Waals surface area (Å²) in [6, 6.07) is 0.0173. The molecular formula is C9H19NO2S. The number of nitrogens with two attached hydrogens (primary N) is 1. The first-order chi connectivity index (χ1) is 6.13. The van der Waals surface area contributed by atoms with Crippen molar-refractivity contribution < 1.29 is 8.95 Å². The zero-order chi connectivity index (χ0) is 9.84. The molecule has 4 heteroatoms. The Kier molecular flexibility index (Phi) is 4.35. The molecule has 0 saturated carbocycles. The molecule has 0 aromatic rings. The minimum absolute atomic E-state index is 0.0173. The van der Waals surface area contributed by atoms with Gasteiger partial charge in [0.05, 0.1) is 0 Å². The molecule has 0 aromatic heterocycles. The van der Waals surface area contributed by atoms with Gasteiger partial charge in [0.25, 0.3) is 0 Å². The average molecular weight is 205 g/mol. The summed E-state index contributed by atoms with van der Waals surface area (Å²) >= 11 is 0. The second kappa shape index (κ2) is 5.08. The van der Waals surface area contributed by atoms with Gasteiger partial charge in [0.1, 0.15) is 0 Å². The molecule has 78 valence electrons. The highest BCUT2D eigenvalue weighted by Crippen LogP contribution is 2.17. The van der Waals surface area contributed by atoms with E-state index in [-0.39, 0.29) is 11.3 Å². The van der Waals surface area contributed by atoms with E-state index in [1.54, 1.807) is 0 Å². The van der Waals surface area contributed by atoms with Crippen LogP contribution in [0.25, 0.3) is 0 Å². The Morgan fingerprint density at radius 1 is 1.38 bits per heavy atom. The van der Waals surface area contributed by atoms with Crippen molar-refractivity contribution in [2.45, 2.75) is 43.2 Å². The molecule has 0 amide bonds. The summed E-state index contributed by atoms with van der Waals surface area (Å²) in [5.74, 6) is 0. The first kappa shape index (κ1) is 11.1. The van der Waals surface area contributed by atoms with Crippen molar-refractivity contribution in [1.82, 2.24) is 0 Å². The first-order valence-electron chi connectivity index (χ1n) is 4.85. The number of hydrogen-bond donors (Lipinski definition) is 1. The average Bonchev–Trinajstić information content (AvgIpc) is 2.17. The van der Waals surface area contributed by atoms with Crippen LogP contribution >= 0.6 is 0 Å². The van der Waals surface area contributed by atoms with Gasteiger partial charge in [0, 0.05) is 40.6 Å². The zero-order valence-electron chi connectivity index (χ0n) is 8.36. The number of rotatable bonds is 3. The summed E-state index contributed by atoms with van der Waals surface area (Å²) in [5, 5.41) is 0.401. The van der Waals surface area contributed by atoms with Crippen molar-refractivity contribution in [2.75, 3.05) is 13.2 Å². The fourth-order valence-electron chi connectivity index (χ4n) is 1.42. The molecule has 1 aliphatic heterocycles. The maximum atomic E-state index is 11.9. The Bertz CT molecular complexity index is 178. The topological polar surface area (TPSA) is 52.3 Å². The fourth-order valence-corrected chi connectivity index (χ4v) is 3.11. The monoisotopic (exact) mass is 205 g/mol. The largest absolute Gasteiger partial charge is 0.381 e. The van der Waals surface area contributed by atoms with Crippen LogP contribution in [0.2, 0.25) is 0 Å². The van der Waals surface area contributed by atoms with E-state index in [1.807, 2.05) is 13.8 Å². The van der Waals surface area contributed by atoms with Crippen LogP contribution in [0, 0.1) is 0 Å². The molecule has 1 saturated heterocycles. The van der Waals surface area contributed by atoms with Crippen LogP contribution in [0.4, 0.5) is 0 Å². The van der Waals surface area contributed by atoms with E-state index >= 15 is 0 Å². The number of ether oxygens (including phenoxy) is 1. The van der Waals surface area contributed by atoms with E-state index < -0.39 is 10.8 Å². The molecule has 1 aliphatic rings. The number of hydrogen-bond acceptors (Lipinski definition) is 3. The molecule has 0 aromatic carbocycles. The zero-order valence-corrected chi connectivity index (χ0v) is 9.18. The molecule has 3 nitrogen and oxygen atoms in total. The minimum atomic E-state index is -0.786. The Balaban J connectivity index is 2.45. The first-order valence-corrected chi connectivity index (χ1v) is 6.13. The van der Waals surface area contributed by atoms with Crippen LogP contribution in [-0.2, 0) is 15.5 Å². The third-order valence-corrected chi connectivity index (χ3v) is 4.89. The van der Waals surface area contributed by atoms with Gasteiger partial charge in [-0.2, -0.15) is 0 Å². The van der Waals surface area contributed by atoms with Gasteiger partial charge in [-0.3, -0.25) is 4.21 Å². The predicted octanol–water partition coefficient (Wildman–Crippen LogP) is 0.650. The molecule has 2 N–H and O–H groups in total. The maximum absolute atomic E-state index is 11.9. The third-order valence-electron chi connectivity index (χ3n) is 2.60. The lowest BCUT2D eigenvalue weighted by Gasteiger charge is -2.26. The lowest BCUT2D eigenvalue weighted by molar-refractivity contribution is 0.0990. The van der Waals surface area contributed by atoms with Crippen LogP contribution < -0.4 is 5.73 Å². The third kappa shape index (κ3) is 3.04. The van der Waals surface area contributed by atoms with E-state index in [4.69, 9.17) is 10.5 Å². The van der Waals surface area contributed by atoms with Crippen molar-refractivity contribution >= 4 is 10.8 Å². The predicted molar refractivity (Wildman–Crippen MR) is 55.1 cm³/mol. The smallest absolute Gasteiger partial charge is 0.0477 e. The van der Waals surface area contributed by atoms with Crippen LogP contribution in [0.1, 0.15) is 26.7 Å². The minimum Gasteiger partial charge on any atom is -0.381 e. The summed E-state index contributed by atoms with van der Waals surface area (Å²) in [6.45, 7) is 5.39. The Morgan fingerprint density at radius 2 is 1.92 bits per heavy atom. The fraction of sp³-hybridized carbons (Fsp3) is 1.00. The van der Waals surface area contributed by atoms with Crippen LogP contribution in [-0.4, -0.2) is 34.0 Å². The summed E-state index contributed by atoms with van der Waals surface area (Å²) in [7, 11) is -0.786. The standard InChI is InChI=1S/C9H19NO2S/c1-7(10)8(2)13(11)9-3-5-12-6-4-9/h7-9H,3-6,10H2,1-2H3. The van der Waals surface area contributed by atoms with E-state index in [0.717, 1.165) is 26.1 Å². The molecule has 1 rings (SSSR count). The SMILES string of the molecule is CC(N)C(C)S(=O)C1CCOCC1. The van der Waals surface area contributed by atoms with Gasteiger partial charge >= 0.3 is 0 Å². The molecule has 13 heavy (non-hydrogen) atoms. The highest BCUT2D eigenvalue weighted by atomic mass is 32.2. The molecule has 1 heterocycles. The summed E-state index contributed by atoms with van der Waals surface area (Å²) in [6.07, 6.45) is 1.84. The van der Waals surface area contributed by atoms with Crippen LogP contribution in [0.5, 0.6) is 0 Å². The normalized spacial score (nSPS) is 26.7.